The molecule has 174 valence electrons. The molecule has 0 aliphatic carbocycles. The van der Waals surface area contributed by atoms with Crippen LogP contribution < -0.4 is 14.2 Å². The van der Waals surface area contributed by atoms with Crippen molar-refractivity contribution in [1.29, 1.82) is 0 Å². The molecule has 0 bridgehead atoms. The quantitative estimate of drug-likeness (QED) is 0.356. The van der Waals surface area contributed by atoms with Gasteiger partial charge in [0, 0.05) is 5.39 Å². The summed E-state index contributed by atoms with van der Waals surface area (Å²) in [6, 6.07) is 20.4. The lowest BCUT2D eigenvalue weighted by atomic mass is 10.2. The largest absolute Gasteiger partial charge is 0.493 e. The SMILES string of the molecule is COc1ccc(Cn2c(O)c(N=NC(=O)COc3ccccc3C)c3ccccc32)cc1OC. The average Bonchev–Trinajstić information content (AvgIpc) is 3.12. The highest BCUT2D eigenvalue weighted by molar-refractivity contribution is 5.95. The van der Waals surface area contributed by atoms with Crippen molar-refractivity contribution in [2.24, 2.45) is 10.2 Å². The summed E-state index contributed by atoms with van der Waals surface area (Å²) in [5.41, 5.74) is 2.79. The molecule has 1 aromatic heterocycles. The predicted molar refractivity (Wildman–Crippen MR) is 128 cm³/mol. The molecule has 0 fully saturated rings. The van der Waals surface area contributed by atoms with Gasteiger partial charge in [-0.05, 0) is 42.3 Å². The summed E-state index contributed by atoms with van der Waals surface area (Å²) in [6.07, 6.45) is 0. The smallest absolute Gasteiger partial charge is 0.302 e. The first kappa shape index (κ1) is 22.8. The zero-order chi connectivity index (χ0) is 24.1. The molecule has 0 unspecified atom stereocenters. The highest BCUT2D eigenvalue weighted by Gasteiger charge is 2.18. The molecule has 0 aliphatic heterocycles. The first-order valence-electron chi connectivity index (χ1n) is 10.7. The molecule has 1 N–H and O–H groups in total. The average molecular weight is 460 g/mol. The first-order valence-corrected chi connectivity index (χ1v) is 10.7. The number of para-hydroxylation sites is 2. The van der Waals surface area contributed by atoms with Gasteiger partial charge in [-0.25, -0.2) is 0 Å². The molecule has 0 saturated heterocycles. The second-order valence-corrected chi connectivity index (χ2v) is 7.61. The van der Waals surface area contributed by atoms with Crippen molar-refractivity contribution in [3.63, 3.8) is 0 Å². The monoisotopic (exact) mass is 459 g/mol. The van der Waals surface area contributed by atoms with E-state index in [1.807, 2.05) is 67.6 Å². The molecular weight excluding hydrogens is 434 g/mol. The number of rotatable bonds is 8. The third kappa shape index (κ3) is 4.71. The van der Waals surface area contributed by atoms with E-state index in [0.29, 0.717) is 29.2 Å². The number of aromatic nitrogens is 1. The van der Waals surface area contributed by atoms with Crippen LogP contribution in [0.2, 0.25) is 0 Å². The number of benzene rings is 3. The van der Waals surface area contributed by atoms with Gasteiger partial charge in [-0.2, -0.15) is 0 Å². The van der Waals surface area contributed by atoms with Crippen molar-refractivity contribution in [3.8, 4) is 23.1 Å². The fourth-order valence-electron chi connectivity index (χ4n) is 3.68. The fraction of sp³-hybridized carbons (Fsp3) is 0.192. The fourth-order valence-corrected chi connectivity index (χ4v) is 3.68. The van der Waals surface area contributed by atoms with E-state index < -0.39 is 5.91 Å². The van der Waals surface area contributed by atoms with Gasteiger partial charge in [0.15, 0.2) is 23.8 Å². The Balaban J connectivity index is 1.59. The zero-order valence-electron chi connectivity index (χ0n) is 19.2. The molecule has 3 aromatic carbocycles. The van der Waals surface area contributed by atoms with Crippen molar-refractivity contribution in [2.75, 3.05) is 20.8 Å². The molecule has 0 radical (unpaired) electrons. The summed E-state index contributed by atoms with van der Waals surface area (Å²) in [5, 5.41) is 19.5. The normalized spacial score (nSPS) is 11.1. The molecule has 0 aliphatic rings. The van der Waals surface area contributed by atoms with Gasteiger partial charge in [0.1, 0.15) is 5.75 Å². The van der Waals surface area contributed by atoms with Crippen LogP contribution in [0.3, 0.4) is 0 Å². The molecule has 8 heteroatoms. The van der Waals surface area contributed by atoms with Crippen LogP contribution in [0.4, 0.5) is 5.69 Å². The van der Waals surface area contributed by atoms with E-state index in [1.165, 1.54) is 0 Å². The second-order valence-electron chi connectivity index (χ2n) is 7.61. The maximum Gasteiger partial charge on any atom is 0.302 e. The number of nitrogens with zero attached hydrogens (tertiary/aromatic N) is 3. The number of hydrogen-bond donors (Lipinski definition) is 1. The van der Waals surface area contributed by atoms with Gasteiger partial charge in [0.05, 0.1) is 26.3 Å². The summed E-state index contributed by atoms with van der Waals surface area (Å²) in [5.74, 6) is 1.18. The number of aromatic hydroxyl groups is 1. The van der Waals surface area contributed by atoms with Crippen LogP contribution in [0.5, 0.6) is 23.1 Å². The van der Waals surface area contributed by atoms with Crippen LogP contribution in [-0.2, 0) is 11.3 Å². The minimum Gasteiger partial charge on any atom is -0.493 e. The Morgan fingerprint density at radius 2 is 1.68 bits per heavy atom. The Kier molecular flexibility index (Phi) is 6.77. The third-order valence-corrected chi connectivity index (χ3v) is 5.41. The van der Waals surface area contributed by atoms with Crippen molar-refractivity contribution in [2.45, 2.75) is 13.5 Å². The van der Waals surface area contributed by atoms with Crippen molar-refractivity contribution in [3.05, 3.63) is 77.9 Å². The Morgan fingerprint density at radius 3 is 2.44 bits per heavy atom. The predicted octanol–water partition coefficient (Wildman–Crippen LogP) is 5.41. The Hall–Kier alpha value is -4.33. The Morgan fingerprint density at radius 1 is 0.941 bits per heavy atom. The van der Waals surface area contributed by atoms with E-state index in [-0.39, 0.29) is 18.2 Å². The number of ether oxygens (including phenoxy) is 3. The van der Waals surface area contributed by atoms with Gasteiger partial charge in [0.2, 0.25) is 5.88 Å². The van der Waals surface area contributed by atoms with Crippen molar-refractivity contribution in [1.82, 2.24) is 4.57 Å². The summed E-state index contributed by atoms with van der Waals surface area (Å²) < 4.78 is 17.9. The number of fused-ring (bicyclic) bond motifs is 1. The zero-order valence-corrected chi connectivity index (χ0v) is 19.2. The standard InChI is InChI=1S/C26H25N3O5/c1-17-8-4-7-11-21(17)34-16-24(30)27-28-25-19-9-5-6-10-20(19)29(26(25)31)15-18-12-13-22(32-2)23(14-18)33-3/h4-14,31H,15-16H2,1-3H3. The van der Waals surface area contributed by atoms with Crippen LogP contribution >= 0.6 is 0 Å². The van der Waals surface area contributed by atoms with Crippen LogP contribution in [0, 0.1) is 6.92 Å². The van der Waals surface area contributed by atoms with E-state index in [1.54, 1.807) is 24.9 Å². The highest BCUT2D eigenvalue weighted by Crippen LogP contribution is 2.39. The maximum atomic E-state index is 12.3. The van der Waals surface area contributed by atoms with Gasteiger partial charge in [-0.15, -0.1) is 10.2 Å². The molecule has 1 amide bonds. The van der Waals surface area contributed by atoms with Crippen molar-refractivity contribution < 1.29 is 24.1 Å². The summed E-state index contributed by atoms with van der Waals surface area (Å²) in [6.45, 7) is 2.00. The molecule has 4 aromatic rings. The van der Waals surface area contributed by atoms with E-state index in [4.69, 9.17) is 14.2 Å². The highest BCUT2D eigenvalue weighted by atomic mass is 16.5. The lowest BCUT2D eigenvalue weighted by molar-refractivity contribution is -0.120. The van der Waals surface area contributed by atoms with Gasteiger partial charge in [0.25, 0.3) is 0 Å². The number of hydrogen-bond acceptors (Lipinski definition) is 6. The van der Waals surface area contributed by atoms with Gasteiger partial charge >= 0.3 is 5.91 Å². The molecule has 4 rings (SSSR count). The lowest BCUT2D eigenvalue weighted by Gasteiger charge is -2.11. The molecule has 1 heterocycles. The number of azo groups is 1. The second kappa shape index (κ2) is 10.1. The van der Waals surface area contributed by atoms with Crippen LogP contribution in [0.1, 0.15) is 11.1 Å². The molecule has 8 nitrogen and oxygen atoms in total. The first-order chi connectivity index (χ1) is 16.5. The topological polar surface area (TPSA) is 94.6 Å². The number of aryl methyl sites for hydroxylation is 1. The Bertz CT molecular complexity index is 1360. The molecule has 0 atom stereocenters. The van der Waals surface area contributed by atoms with E-state index in [9.17, 15) is 9.90 Å². The molecule has 0 spiro atoms. The molecule has 34 heavy (non-hydrogen) atoms. The lowest BCUT2D eigenvalue weighted by Crippen LogP contribution is -2.08. The maximum absolute atomic E-state index is 12.3. The summed E-state index contributed by atoms with van der Waals surface area (Å²) >= 11 is 0. The third-order valence-electron chi connectivity index (χ3n) is 5.41. The molecular formula is C26H25N3O5. The molecule has 0 saturated carbocycles. The summed E-state index contributed by atoms with van der Waals surface area (Å²) in [4.78, 5) is 12.3. The number of amides is 1. The van der Waals surface area contributed by atoms with Crippen LogP contribution in [-0.4, -0.2) is 36.4 Å². The van der Waals surface area contributed by atoms with Crippen LogP contribution in [0.25, 0.3) is 10.9 Å². The number of carbonyl (C=O) groups is 1. The van der Waals surface area contributed by atoms with Gasteiger partial charge in [-0.3, -0.25) is 4.79 Å². The van der Waals surface area contributed by atoms with E-state index >= 15 is 0 Å². The Labute approximate surface area is 197 Å². The number of carbonyl (C=O) groups excluding carboxylic acids is 1. The van der Waals surface area contributed by atoms with E-state index in [0.717, 1.165) is 16.6 Å². The minimum absolute atomic E-state index is 0.0904. The van der Waals surface area contributed by atoms with Gasteiger partial charge < -0.3 is 23.9 Å². The minimum atomic E-state index is -0.556. The number of methoxy groups -OCH3 is 2. The van der Waals surface area contributed by atoms with Gasteiger partial charge in [-0.1, -0.05) is 42.5 Å². The van der Waals surface area contributed by atoms with Crippen molar-refractivity contribution >= 4 is 22.5 Å². The van der Waals surface area contributed by atoms with E-state index in [2.05, 4.69) is 10.2 Å². The van der Waals surface area contributed by atoms with Crippen LogP contribution in [0.15, 0.2) is 77.0 Å². The summed E-state index contributed by atoms with van der Waals surface area (Å²) in [7, 11) is 3.15.